The second-order valence-electron chi connectivity index (χ2n) is 7.62. The maximum atomic E-state index is 12.7. The van der Waals surface area contributed by atoms with Crippen LogP contribution in [0.2, 0.25) is 0 Å². The molecule has 0 saturated heterocycles. The number of sulfonamides is 1. The number of nitrogens with one attached hydrogen (secondary N) is 1. The number of nitrogens with zero attached hydrogens (tertiary/aromatic N) is 1. The van der Waals surface area contributed by atoms with Gasteiger partial charge in [-0.3, -0.25) is 9.52 Å². The first-order chi connectivity index (χ1) is 12.8. The number of carbonyl (C=O) groups is 1. The summed E-state index contributed by atoms with van der Waals surface area (Å²) in [5.74, 6) is 0.444. The van der Waals surface area contributed by atoms with Crippen molar-refractivity contribution in [2.75, 3.05) is 11.3 Å². The van der Waals surface area contributed by atoms with Crippen molar-refractivity contribution in [3.05, 3.63) is 58.7 Å². The number of fused-ring (bicyclic) bond motifs is 1. The van der Waals surface area contributed by atoms with Gasteiger partial charge >= 0.3 is 0 Å². The van der Waals surface area contributed by atoms with Gasteiger partial charge in [0, 0.05) is 24.7 Å². The van der Waals surface area contributed by atoms with Crippen LogP contribution in [0.15, 0.2) is 41.3 Å². The van der Waals surface area contributed by atoms with Crippen LogP contribution in [0.1, 0.15) is 35.1 Å². The highest BCUT2D eigenvalue weighted by atomic mass is 32.2. The molecule has 0 aromatic heterocycles. The molecule has 2 aromatic carbocycles. The molecule has 4 rings (SSSR count). The van der Waals surface area contributed by atoms with E-state index in [1.165, 1.54) is 5.56 Å². The van der Waals surface area contributed by atoms with E-state index in [9.17, 15) is 13.2 Å². The molecule has 0 bridgehead atoms. The third-order valence-electron chi connectivity index (χ3n) is 5.50. The maximum Gasteiger partial charge on any atom is 0.261 e. The van der Waals surface area contributed by atoms with Crippen LogP contribution in [0, 0.1) is 19.8 Å². The van der Waals surface area contributed by atoms with Crippen LogP contribution < -0.4 is 4.72 Å². The SMILES string of the molecule is Cc1ccc(S(=O)(=O)Nc2ccc3c(c2)CN(C(=O)C2CC2)CC3)cc1C. The van der Waals surface area contributed by atoms with Crippen LogP contribution in [0.4, 0.5) is 5.69 Å². The Balaban J connectivity index is 1.55. The molecule has 0 radical (unpaired) electrons. The normalized spacial score (nSPS) is 16.7. The van der Waals surface area contributed by atoms with E-state index in [0.717, 1.165) is 42.5 Å². The Hall–Kier alpha value is -2.34. The second-order valence-corrected chi connectivity index (χ2v) is 9.30. The Labute approximate surface area is 160 Å². The van der Waals surface area contributed by atoms with Crippen molar-refractivity contribution in [2.24, 2.45) is 5.92 Å². The van der Waals surface area contributed by atoms with E-state index in [0.29, 0.717) is 12.2 Å². The van der Waals surface area contributed by atoms with Gasteiger partial charge in [-0.1, -0.05) is 12.1 Å². The van der Waals surface area contributed by atoms with Gasteiger partial charge in [0.05, 0.1) is 4.90 Å². The highest BCUT2D eigenvalue weighted by molar-refractivity contribution is 7.92. The van der Waals surface area contributed by atoms with Gasteiger partial charge in [0.15, 0.2) is 0 Å². The smallest absolute Gasteiger partial charge is 0.261 e. The molecule has 0 spiro atoms. The molecule has 1 fully saturated rings. The van der Waals surface area contributed by atoms with Gasteiger partial charge in [0.1, 0.15) is 0 Å². The minimum absolute atomic E-state index is 0.206. The van der Waals surface area contributed by atoms with Gasteiger partial charge in [-0.05, 0) is 79.6 Å². The minimum Gasteiger partial charge on any atom is -0.338 e. The van der Waals surface area contributed by atoms with E-state index < -0.39 is 10.0 Å². The van der Waals surface area contributed by atoms with Crippen molar-refractivity contribution < 1.29 is 13.2 Å². The number of aryl methyl sites for hydroxylation is 2. The second kappa shape index (κ2) is 6.68. The zero-order chi connectivity index (χ0) is 19.2. The number of hydrogen-bond donors (Lipinski definition) is 1. The first kappa shape index (κ1) is 18.0. The van der Waals surface area contributed by atoms with E-state index in [4.69, 9.17) is 0 Å². The topological polar surface area (TPSA) is 66.5 Å². The molecule has 1 heterocycles. The molecule has 5 nitrogen and oxygen atoms in total. The molecule has 1 N–H and O–H groups in total. The Kier molecular flexibility index (Phi) is 4.46. The summed E-state index contributed by atoms with van der Waals surface area (Å²) in [7, 11) is -3.64. The predicted octanol–water partition coefficient (Wildman–Crippen LogP) is 3.40. The van der Waals surface area contributed by atoms with Crippen molar-refractivity contribution in [3.63, 3.8) is 0 Å². The number of rotatable bonds is 4. The van der Waals surface area contributed by atoms with E-state index in [1.807, 2.05) is 36.9 Å². The average Bonchev–Trinajstić information content (AvgIpc) is 3.47. The molecule has 142 valence electrons. The summed E-state index contributed by atoms with van der Waals surface area (Å²) in [5, 5.41) is 0. The van der Waals surface area contributed by atoms with Crippen LogP contribution >= 0.6 is 0 Å². The number of benzene rings is 2. The zero-order valence-electron chi connectivity index (χ0n) is 15.7. The monoisotopic (exact) mass is 384 g/mol. The van der Waals surface area contributed by atoms with Gasteiger partial charge in [-0.25, -0.2) is 8.42 Å². The highest BCUT2D eigenvalue weighted by Crippen LogP contribution is 2.33. The standard InChI is InChI=1S/C21H24N2O3S/c1-14-3-8-20(11-15(14)2)27(25,26)22-19-7-6-16-9-10-23(13-18(16)12-19)21(24)17-4-5-17/h3,6-8,11-12,17,22H,4-5,9-10,13H2,1-2H3. The Morgan fingerprint density at radius 3 is 2.52 bits per heavy atom. The molecule has 0 atom stereocenters. The van der Waals surface area contributed by atoms with Gasteiger partial charge in [-0.2, -0.15) is 0 Å². The lowest BCUT2D eigenvalue weighted by molar-refractivity contribution is -0.133. The van der Waals surface area contributed by atoms with Crippen LogP contribution in [-0.2, 0) is 27.8 Å². The number of anilines is 1. The molecule has 6 heteroatoms. The van der Waals surface area contributed by atoms with Crippen LogP contribution in [-0.4, -0.2) is 25.8 Å². The molecule has 2 aromatic rings. The summed E-state index contributed by atoms with van der Waals surface area (Å²) < 4.78 is 28.1. The van der Waals surface area contributed by atoms with Crippen molar-refractivity contribution in [2.45, 2.75) is 44.6 Å². The molecule has 27 heavy (non-hydrogen) atoms. The lowest BCUT2D eigenvalue weighted by Crippen LogP contribution is -2.36. The van der Waals surface area contributed by atoms with E-state index in [-0.39, 0.29) is 16.7 Å². The van der Waals surface area contributed by atoms with Crippen molar-refractivity contribution in [1.29, 1.82) is 0 Å². The molecular weight excluding hydrogens is 360 g/mol. The van der Waals surface area contributed by atoms with E-state index in [1.54, 1.807) is 18.2 Å². The third kappa shape index (κ3) is 3.72. The first-order valence-electron chi connectivity index (χ1n) is 9.34. The van der Waals surface area contributed by atoms with E-state index in [2.05, 4.69) is 4.72 Å². The van der Waals surface area contributed by atoms with Crippen LogP contribution in [0.25, 0.3) is 0 Å². The van der Waals surface area contributed by atoms with Crippen LogP contribution in [0.3, 0.4) is 0 Å². The van der Waals surface area contributed by atoms with Crippen molar-refractivity contribution in [1.82, 2.24) is 4.90 Å². The molecule has 1 aliphatic carbocycles. The number of amides is 1. The van der Waals surface area contributed by atoms with Gasteiger partial charge in [0.2, 0.25) is 5.91 Å². The third-order valence-corrected chi connectivity index (χ3v) is 6.88. The zero-order valence-corrected chi connectivity index (χ0v) is 16.5. The number of hydrogen-bond acceptors (Lipinski definition) is 3. The Bertz CT molecular complexity index is 1010. The largest absolute Gasteiger partial charge is 0.338 e. The molecular formula is C21H24N2O3S. The predicted molar refractivity (Wildman–Crippen MR) is 105 cm³/mol. The average molecular weight is 385 g/mol. The first-order valence-corrected chi connectivity index (χ1v) is 10.8. The molecule has 1 amide bonds. The summed E-state index contributed by atoms with van der Waals surface area (Å²) in [4.78, 5) is 14.5. The van der Waals surface area contributed by atoms with Gasteiger partial charge < -0.3 is 4.90 Å². The number of carbonyl (C=O) groups excluding carboxylic acids is 1. The lowest BCUT2D eigenvalue weighted by Gasteiger charge is -2.29. The fraction of sp³-hybridized carbons (Fsp3) is 0.381. The van der Waals surface area contributed by atoms with Gasteiger partial charge in [0.25, 0.3) is 10.0 Å². The maximum absolute atomic E-state index is 12.7. The van der Waals surface area contributed by atoms with Crippen molar-refractivity contribution in [3.8, 4) is 0 Å². The summed E-state index contributed by atoms with van der Waals surface area (Å²) in [5.41, 5.74) is 4.74. The lowest BCUT2D eigenvalue weighted by atomic mass is 9.99. The summed E-state index contributed by atoms with van der Waals surface area (Å²) in [6.07, 6.45) is 2.81. The summed E-state index contributed by atoms with van der Waals surface area (Å²) in [6.45, 7) is 5.16. The molecule has 1 saturated carbocycles. The van der Waals surface area contributed by atoms with Crippen molar-refractivity contribution >= 4 is 21.6 Å². The molecule has 1 aliphatic heterocycles. The van der Waals surface area contributed by atoms with E-state index >= 15 is 0 Å². The summed E-state index contributed by atoms with van der Waals surface area (Å²) >= 11 is 0. The highest BCUT2D eigenvalue weighted by Gasteiger charge is 2.34. The Morgan fingerprint density at radius 1 is 1.04 bits per heavy atom. The van der Waals surface area contributed by atoms with Gasteiger partial charge in [-0.15, -0.1) is 0 Å². The quantitative estimate of drug-likeness (QED) is 0.879. The van der Waals surface area contributed by atoms with Crippen LogP contribution in [0.5, 0.6) is 0 Å². The fourth-order valence-electron chi connectivity index (χ4n) is 3.49. The minimum atomic E-state index is -3.64. The molecule has 2 aliphatic rings. The fourth-order valence-corrected chi connectivity index (χ4v) is 4.63. The Morgan fingerprint density at radius 2 is 1.81 bits per heavy atom. The summed E-state index contributed by atoms with van der Waals surface area (Å²) in [6, 6.07) is 10.8. The molecule has 0 unspecified atom stereocenters.